The maximum Gasteiger partial charge on any atom is 0.325 e. The van der Waals surface area contributed by atoms with Crippen LogP contribution in [0.25, 0.3) is 0 Å². The molecule has 2 atom stereocenters. The molecule has 0 spiro atoms. The number of nitrogens with zero attached hydrogens (tertiary/aromatic N) is 2. The summed E-state index contributed by atoms with van der Waals surface area (Å²) in [7, 11) is 0. The van der Waals surface area contributed by atoms with Gasteiger partial charge in [0, 0.05) is 12.2 Å². The molecule has 0 saturated carbocycles. The number of carbonyl (C=O) groups is 3. The molecule has 0 aliphatic carbocycles. The summed E-state index contributed by atoms with van der Waals surface area (Å²) in [5, 5.41) is 2.75. The Kier molecular flexibility index (Phi) is 4.41. The molecular formula is C22H23N3O3. The molecule has 6 nitrogen and oxygen atoms in total. The molecule has 2 aromatic carbocycles. The van der Waals surface area contributed by atoms with Crippen molar-refractivity contribution >= 4 is 23.5 Å². The quantitative estimate of drug-likeness (QED) is 0.836. The molecule has 1 fully saturated rings. The molecule has 144 valence electrons. The number of para-hydroxylation sites is 1. The zero-order chi connectivity index (χ0) is 19.9. The second kappa shape index (κ2) is 6.78. The van der Waals surface area contributed by atoms with E-state index in [1.165, 1.54) is 0 Å². The molecular weight excluding hydrogens is 354 g/mol. The molecule has 4 rings (SSSR count). The van der Waals surface area contributed by atoms with Gasteiger partial charge in [-0.15, -0.1) is 0 Å². The highest BCUT2D eigenvalue weighted by atomic mass is 16.2. The molecule has 2 heterocycles. The normalized spacial score (nSPS) is 24.1. The van der Waals surface area contributed by atoms with Gasteiger partial charge in [-0.2, -0.15) is 0 Å². The number of urea groups is 1. The van der Waals surface area contributed by atoms with E-state index in [2.05, 4.69) is 12.2 Å². The third-order valence-electron chi connectivity index (χ3n) is 5.76. The third-order valence-corrected chi connectivity index (χ3v) is 5.76. The lowest BCUT2D eigenvalue weighted by atomic mass is 9.91. The summed E-state index contributed by atoms with van der Waals surface area (Å²) in [5.41, 5.74) is 1.52. The van der Waals surface area contributed by atoms with E-state index >= 15 is 0 Å². The van der Waals surface area contributed by atoms with E-state index in [0.717, 1.165) is 22.6 Å². The Bertz CT molecular complexity index is 943. The van der Waals surface area contributed by atoms with Crippen LogP contribution in [0.2, 0.25) is 0 Å². The van der Waals surface area contributed by atoms with Crippen LogP contribution in [0.15, 0.2) is 54.6 Å². The van der Waals surface area contributed by atoms with Crippen molar-refractivity contribution in [3.63, 3.8) is 0 Å². The number of benzene rings is 2. The monoisotopic (exact) mass is 377 g/mol. The van der Waals surface area contributed by atoms with Gasteiger partial charge in [-0.1, -0.05) is 55.5 Å². The molecule has 2 aromatic rings. The van der Waals surface area contributed by atoms with E-state index < -0.39 is 17.5 Å². The average molecular weight is 377 g/mol. The first kappa shape index (κ1) is 18.2. The van der Waals surface area contributed by atoms with Gasteiger partial charge < -0.3 is 10.2 Å². The molecule has 1 saturated heterocycles. The fourth-order valence-corrected chi connectivity index (χ4v) is 4.04. The first-order valence-electron chi connectivity index (χ1n) is 9.51. The predicted octanol–water partition coefficient (Wildman–Crippen LogP) is 2.99. The van der Waals surface area contributed by atoms with Crippen LogP contribution in [0.5, 0.6) is 0 Å². The van der Waals surface area contributed by atoms with E-state index in [4.69, 9.17) is 0 Å². The summed E-state index contributed by atoms with van der Waals surface area (Å²) in [4.78, 5) is 41.3. The van der Waals surface area contributed by atoms with Gasteiger partial charge in [-0.25, -0.2) is 4.79 Å². The van der Waals surface area contributed by atoms with E-state index in [-0.39, 0.29) is 12.5 Å². The van der Waals surface area contributed by atoms with Gasteiger partial charge in [-0.05, 0) is 36.5 Å². The van der Waals surface area contributed by atoms with Gasteiger partial charge >= 0.3 is 6.03 Å². The van der Waals surface area contributed by atoms with Crippen LogP contribution in [0, 0.1) is 0 Å². The van der Waals surface area contributed by atoms with Crippen molar-refractivity contribution in [1.82, 2.24) is 10.2 Å². The molecule has 4 amide bonds. The number of rotatable bonds is 3. The fourth-order valence-electron chi connectivity index (χ4n) is 4.04. The highest BCUT2D eigenvalue weighted by molar-refractivity contribution is 6.10. The number of anilines is 1. The second-order valence-electron chi connectivity index (χ2n) is 7.61. The van der Waals surface area contributed by atoms with Crippen molar-refractivity contribution in [3.8, 4) is 0 Å². The summed E-state index contributed by atoms with van der Waals surface area (Å²) in [6.07, 6.45) is 0.852. The predicted molar refractivity (Wildman–Crippen MR) is 106 cm³/mol. The minimum atomic E-state index is -1.16. The van der Waals surface area contributed by atoms with Crippen LogP contribution in [-0.4, -0.2) is 35.8 Å². The minimum absolute atomic E-state index is 0.250. The Hall–Kier alpha value is -3.15. The van der Waals surface area contributed by atoms with Crippen molar-refractivity contribution < 1.29 is 14.4 Å². The molecule has 2 unspecified atom stereocenters. The van der Waals surface area contributed by atoms with Crippen LogP contribution >= 0.6 is 0 Å². The number of fused-ring (bicyclic) bond motifs is 1. The molecule has 2 aliphatic rings. The summed E-state index contributed by atoms with van der Waals surface area (Å²) in [6.45, 7) is 4.13. The highest BCUT2D eigenvalue weighted by Gasteiger charge is 2.49. The van der Waals surface area contributed by atoms with Crippen LogP contribution in [0.1, 0.15) is 37.3 Å². The fraction of sp³-hybridized carbons (Fsp3) is 0.318. The van der Waals surface area contributed by atoms with Crippen molar-refractivity contribution in [2.24, 2.45) is 0 Å². The topological polar surface area (TPSA) is 69.7 Å². The summed E-state index contributed by atoms with van der Waals surface area (Å²) in [6, 6.07) is 16.4. The average Bonchev–Trinajstić information content (AvgIpc) is 2.93. The van der Waals surface area contributed by atoms with Crippen LogP contribution < -0.4 is 10.2 Å². The van der Waals surface area contributed by atoms with Crippen molar-refractivity contribution in [1.29, 1.82) is 0 Å². The Balaban J connectivity index is 1.57. The molecule has 0 aromatic heterocycles. The second-order valence-corrected chi connectivity index (χ2v) is 7.61. The Labute approximate surface area is 164 Å². The van der Waals surface area contributed by atoms with E-state index in [1.807, 2.05) is 42.5 Å². The number of amides is 4. The Morgan fingerprint density at radius 3 is 2.54 bits per heavy atom. The van der Waals surface area contributed by atoms with E-state index in [9.17, 15) is 14.4 Å². The Morgan fingerprint density at radius 2 is 1.79 bits per heavy atom. The molecule has 6 heteroatoms. The molecule has 28 heavy (non-hydrogen) atoms. The third kappa shape index (κ3) is 2.85. The standard InChI is InChI=1S/C22H23N3O3/c1-15-12-13-24(18-11-7-6-10-17(15)18)19(26)14-25-20(27)22(2,23-21(25)28)16-8-4-3-5-9-16/h3-11,15H,12-14H2,1-2H3,(H,23,28). The van der Waals surface area contributed by atoms with Crippen molar-refractivity contribution in [2.75, 3.05) is 18.0 Å². The molecule has 0 radical (unpaired) electrons. The first-order chi connectivity index (χ1) is 13.4. The lowest BCUT2D eigenvalue weighted by Crippen LogP contribution is -2.46. The Morgan fingerprint density at radius 1 is 1.11 bits per heavy atom. The van der Waals surface area contributed by atoms with E-state index in [1.54, 1.807) is 24.0 Å². The smallest absolute Gasteiger partial charge is 0.319 e. The van der Waals surface area contributed by atoms with Gasteiger partial charge in [0.05, 0.1) is 0 Å². The van der Waals surface area contributed by atoms with Crippen molar-refractivity contribution in [3.05, 3.63) is 65.7 Å². The number of imide groups is 1. The van der Waals surface area contributed by atoms with Gasteiger partial charge in [0.15, 0.2) is 0 Å². The van der Waals surface area contributed by atoms with Gasteiger partial charge in [-0.3, -0.25) is 14.5 Å². The number of hydrogen-bond donors (Lipinski definition) is 1. The molecule has 1 N–H and O–H groups in total. The SMILES string of the molecule is CC1CCN(C(=O)CN2C(=O)NC(C)(c3ccccc3)C2=O)c2ccccc21. The lowest BCUT2D eigenvalue weighted by Gasteiger charge is -2.33. The number of carbonyl (C=O) groups excluding carboxylic acids is 3. The molecule has 2 aliphatic heterocycles. The zero-order valence-corrected chi connectivity index (χ0v) is 16.0. The molecule has 0 bridgehead atoms. The van der Waals surface area contributed by atoms with Gasteiger partial charge in [0.1, 0.15) is 12.1 Å². The highest BCUT2D eigenvalue weighted by Crippen LogP contribution is 2.35. The summed E-state index contributed by atoms with van der Waals surface area (Å²) < 4.78 is 0. The van der Waals surface area contributed by atoms with Crippen molar-refractivity contribution in [2.45, 2.75) is 31.7 Å². The van der Waals surface area contributed by atoms with Crippen LogP contribution in [-0.2, 0) is 15.1 Å². The summed E-state index contributed by atoms with van der Waals surface area (Å²) >= 11 is 0. The maximum atomic E-state index is 13.0. The largest absolute Gasteiger partial charge is 0.325 e. The maximum absolute atomic E-state index is 13.0. The first-order valence-corrected chi connectivity index (χ1v) is 9.51. The number of hydrogen-bond acceptors (Lipinski definition) is 3. The van der Waals surface area contributed by atoms with Gasteiger partial charge in [0.25, 0.3) is 5.91 Å². The zero-order valence-electron chi connectivity index (χ0n) is 16.0. The van der Waals surface area contributed by atoms with E-state index in [0.29, 0.717) is 18.0 Å². The van der Waals surface area contributed by atoms with Gasteiger partial charge in [0.2, 0.25) is 5.91 Å². The minimum Gasteiger partial charge on any atom is -0.319 e. The number of nitrogens with one attached hydrogen (secondary N) is 1. The van der Waals surface area contributed by atoms with Crippen LogP contribution in [0.4, 0.5) is 10.5 Å². The summed E-state index contributed by atoms with van der Waals surface area (Å²) in [5.74, 6) is -0.283. The van der Waals surface area contributed by atoms with Crippen LogP contribution in [0.3, 0.4) is 0 Å². The lowest BCUT2D eigenvalue weighted by molar-refractivity contribution is -0.134.